The molecule has 0 aliphatic carbocycles. The van der Waals surface area contributed by atoms with Gasteiger partial charge in [0.25, 0.3) is 0 Å². The van der Waals surface area contributed by atoms with Gasteiger partial charge in [0.05, 0.1) is 18.4 Å². The normalized spacial score (nSPS) is 18.3. The molecule has 35 heavy (non-hydrogen) atoms. The number of phenolic OH excluding ortho intramolecular Hbond substituents is 1. The minimum absolute atomic E-state index is 0. The Labute approximate surface area is 219 Å². The van der Waals surface area contributed by atoms with Crippen molar-refractivity contribution in [1.29, 1.82) is 5.41 Å². The average Bonchev–Trinajstić information content (AvgIpc) is 3.08. The molecule has 0 saturated carbocycles. The minimum Gasteiger partial charge on any atom is -0.507 e. The van der Waals surface area contributed by atoms with Crippen LogP contribution in [-0.4, -0.2) is 47.7 Å². The van der Waals surface area contributed by atoms with Gasteiger partial charge in [0, 0.05) is 30.3 Å². The van der Waals surface area contributed by atoms with E-state index in [1.165, 1.54) is 0 Å². The van der Waals surface area contributed by atoms with Gasteiger partial charge in [0.2, 0.25) is 5.91 Å². The molecule has 0 aromatic heterocycles. The highest BCUT2D eigenvalue weighted by molar-refractivity contribution is 8.93. The summed E-state index contributed by atoms with van der Waals surface area (Å²) in [7, 11) is 1.60. The van der Waals surface area contributed by atoms with Crippen LogP contribution in [0.15, 0.2) is 42.5 Å². The summed E-state index contributed by atoms with van der Waals surface area (Å²) in [5.74, 6) is -0.603. The highest BCUT2D eigenvalue weighted by Crippen LogP contribution is 2.40. The van der Waals surface area contributed by atoms with Gasteiger partial charge in [0.1, 0.15) is 11.6 Å². The molecule has 7 heteroatoms. The molecule has 2 aromatic carbocycles. The number of aromatic hydroxyl groups is 1. The second-order valence-corrected chi connectivity index (χ2v) is 11.2. The Kier molecular flexibility index (Phi) is 8.59. The molecule has 1 amide bonds. The molecule has 190 valence electrons. The van der Waals surface area contributed by atoms with Crippen molar-refractivity contribution in [2.45, 2.75) is 58.3 Å². The summed E-state index contributed by atoms with van der Waals surface area (Å²) < 4.78 is 0. The molecule has 1 saturated heterocycles. The zero-order valence-electron chi connectivity index (χ0n) is 21.7. The first kappa shape index (κ1) is 28.6. The van der Waals surface area contributed by atoms with Crippen LogP contribution in [-0.2, 0) is 15.6 Å². The fourth-order valence-corrected chi connectivity index (χ4v) is 4.65. The van der Waals surface area contributed by atoms with E-state index >= 15 is 0 Å². The molecule has 3 rings (SSSR count). The molecule has 6 nitrogen and oxygen atoms in total. The zero-order chi connectivity index (χ0) is 25.4. The first-order valence-electron chi connectivity index (χ1n) is 11.8. The van der Waals surface area contributed by atoms with Crippen LogP contribution in [0.3, 0.4) is 0 Å². The highest BCUT2D eigenvalue weighted by atomic mass is 79.9. The fraction of sp³-hybridized carbons (Fsp3) is 0.464. The number of nitrogens with zero attached hydrogens (tertiary/aromatic N) is 1. The topological polar surface area (TPSA) is 93.5 Å². The van der Waals surface area contributed by atoms with Gasteiger partial charge in [-0.3, -0.25) is 15.0 Å². The van der Waals surface area contributed by atoms with Crippen molar-refractivity contribution in [3.63, 3.8) is 0 Å². The van der Waals surface area contributed by atoms with Gasteiger partial charge < -0.3 is 15.3 Å². The number of hydrogen-bond acceptors (Lipinski definition) is 4. The Morgan fingerprint density at radius 3 is 2.00 bits per heavy atom. The van der Waals surface area contributed by atoms with E-state index in [9.17, 15) is 14.7 Å². The number of carbonyl (C=O) groups is 2. The molecular formula is C28H38BrN3O3. The second-order valence-electron chi connectivity index (χ2n) is 11.2. The molecule has 2 atom stereocenters. The summed E-state index contributed by atoms with van der Waals surface area (Å²) in [5, 5.41) is 22.5. The van der Waals surface area contributed by atoms with Crippen molar-refractivity contribution in [2.24, 2.45) is 5.92 Å². The van der Waals surface area contributed by atoms with E-state index in [1.54, 1.807) is 24.1 Å². The summed E-state index contributed by atoms with van der Waals surface area (Å²) in [6, 6.07) is 13.1. The maximum absolute atomic E-state index is 13.5. The number of benzene rings is 2. The van der Waals surface area contributed by atoms with Crippen molar-refractivity contribution in [3.05, 3.63) is 64.7 Å². The third-order valence-corrected chi connectivity index (χ3v) is 6.58. The summed E-state index contributed by atoms with van der Waals surface area (Å²) in [4.78, 5) is 27.8. The number of amidine groups is 1. The van der Waals surface area contributed by atoms with Gasteiger partial charge >= 0.3 is 0 Å². The van der Waals surface area contributed by atoms with Crippen molar-refractivity contribution in [3.8, 4) is 5.75 Å². The van der Waals surface area contributed by atoms with Crippen LogP contribution in [0.1, 0.15) is 74.5 Å². The smallest absolute Gasteiger partial charge is 0.225 e. The first-order valence-corrected chi connectivity index (χ1v) is 11.8. The third-order valence-electron chi connectivity index (χ3n) is 6.58. The van der Waals surface area contributed by atoms with Crippen LogP contribution in [0.5, 0.6) is 5.75 Å². The molecule has 1 aliphatic heterocycles. The Morgan fingerprint density at radius 2 is 1.54 bits per heavy atom. The number of nitrogens with one attached hydrogen (secondary N) is 2. The van der Waals surface area contributed by atoms with Crippen LogP contribution >= 0.6 is 17.0 Å². The van der Waals surface area contributed by atoms with Crippen molar-refractivity contribution in [1.82, 2.24) is 10.2 Å². The largest absolute Gasteiger partial charge is 0.507 e. The molecule has 1 aliphatic rings. The monoisotopic (exact) mass is 543 g/mol. The van der Waals surface area contributed by atoms with E-state index in [1.807, 2.05) is 71.9 Å². The van der Waals surface area contributed by atoms with E-state index in [-0.39, 0.29) is 57.6 Å². The first-order chi connectivity index (χ1) is 15.8. The number of Topliss-reactive ketones (excluding diaryl/α,β-unsaturated/α-hetero) is 1. The SMILES string of the molecule is Br.CNC(=O)[C@H]1CN(CC(=O)c2cc(C(C)(C)C)c(O)c(C(C)(C)C)c2)C(=N)[C@@H]1c1ccccc1. The predicted octanol–water partition coefficient (Wildman–Crippen LogP) is 5.19. The van der Waals surface area contributed by atoms with Crippen LogP contribution in [0.25, 0.3) is 0 Å². The van der Waals surface area contributed by atoms with Gasteiger partial charge in [-0.2, -0.15) is 0 Å². The lowest BCUT2D eigenvalue weighted by Crippen LogP contribution is -2.34. The van der Waals surface area contributed by atoms with E-state index in [0.29, 0.717) is 12.1 Å². The Balaban J connectivity index is 0.00000432. The van der Waals surface area contributed by atoms with Gasteiger partial charge in [-0.1, -0.05) is 71.9 Å². The van der Waals surface area contributed by atoms with E-state index < -0.39 is 11.8 Å². The fourth-order valence-electron chi connectivity index (χ4n) is 4.65. The Hall–Kier alpha value is -2.67. The third kappa shape index (κ3) is 5.95. The molecule has 2 aromatic rings. The van der Waals surface area contributed by atoms with Gasteiger partial charge in [-0.25, -0.2) is 0 Å². The second kappa shape index (κ2) is 10.5. The highest BCUT2D eigenvalue weighted by Gasteiger charge is 2.43. The van der Waals surface area contributed by atoms with Crippen LogP contribution in [0.2, 0.25) is 0 Å². The lowest BCUT2D eigenvalue weighted by atomic mass is 9.78. The van der Waals surface area contributed by atoms with Crippen LogP contribution in [0, 0.1) is 11.3 Å². The lowest BCUT2D eigenvalue weighted by molar-refractivity contribution is -0.124. The van der Waals surface area contributed by atoms with E-state index in [4.69, 9.17) is 5.41 Å². The molecule has 0 unspecified atom stereocenters. The molecule has 1 fully saturated rings. The predicted molar refractivity (Wildman–Crippen MR) is 146 cm³/mol. The maximum Gasteiger partial charge on any atom is 0.225 e. The van der Waals surface area contributed by atoms with Crippen LogP contribution < -0.4 is 5.32 Å². The number of carbonyl (C=O) groups excluding carboxylic acids is 2. The van der Waals surface area contributed by atoms with Crippen molar-refractivity contribution in [2.75, 3.05) is 20.1 Å². The number of amides is 1. The Morgan fingerprint density at radius 1 is 1.03 bits per heavy atom. The maximum atomic E-state index is 13.5. The van der Waals surface area contributed by atoms with Gasteiger partial charge in [-0.15, -0.1) is 17.0 Å². The number of rotatable bonds is 5. The molecule has 1 heterocycles. The van der Waals surface area contributed by atoms with E-state index in [0.717, 1.165) is 16.7 Å². The summed E-state index contributed by atoms with van der Waals surface area (Å²) in [6.07, 6.45) is 0. The number of phenols is 1. The number of halogens is 1. The summed E-state index contributed by atoms with van der Waals surface area (Å²) in [6.45, 7) is 12.4. The molecule has 0 bridgehead atoms. The summed E-state index contributed by atoms with van der Waals surface area (Å²) in [5.41, 5.74) is 2.17. The van der Waals surface area contributed by atoms with Crippen molar-refractivity contribution >= 4 is 34.5 Å². The van der Waals surface area contributed by atoms with Gasteiger partial charge in [-0.05, 0) is 28.5 Å². The lowest BCUT2D eigenvalue weighted by Gasteiger charge is -2.28. The molecule has 3 N–H and O–H groups in total. The number of hydrogen-bond donors (Lipinski definition) is 3. The van der Waals surface area contributed by atoms with Crippen LogP contribution in [0.4, 0.5) is 0 Å². The quantitative estimate of drug-likeness (QED) is 0.452. The zero-order valence-corrected chi connectivity index (χ0v) is 23.4. The number of ketones is 1. The average molecular weight is 545 g/mol. The van der Waals surface area contributed by atoms with E-state index in [2.05, 4.69) is 5.32 Å². The Bertz CT molecular complexity index is 1070. The molecule has 0 radical (unpaired) electrons. The number of likely N-dealkylation sites (tertiary alicyclic amines) is 1. The summed E-state index contributed by atoms with van der Waals surface area (Å²) >= 11 is 0. The minimum atomic E-state index is -0.442. The molecule has 0 spiro atoms. The standard InChI is InChI=1S/C28H37N3O3.BrH/c1-27(2,3)20-13-18(14-21(24(20)33)28(4,5)6)22(32)16-31-15-19(26(34)30-7)23(25(31)29)17-11-9-8-10-12-17;/h8-14,19,23,29,33H,15-16H2,1-7H3,(H,30,34);1H/t19-,23+;/m0./s1. The molecular weight excluding hydrogens is 506 g/mol. The van der Waals surface area contributed by atoms with Crippen molar-refractivity contribution < 1.29 is 14.7 Å². The van der Waals surface area contributed by atoms with Gasteiger partial charge in [0.15, 0.2) is 5.78 Å².